The van der Waals surface area contributed by atoms with Gasteiger partial charge in [0.1, 0.15) is 6.10 Å². The van der Waals surface area contributed by atoms with E-state index in [1.807, 2.05) is 0 Å². The molecule has 0 bridgehead atoms. The van der Waals surface area contributed by atoms with Crippen molar-refractivity contribution in [3.05, 3.63) is 17.8 Å². The van der Waals surface area contributed by atoms with Crippen LogP contribution in [0.3, 0.4) is 0 Å². The van der Waals surface area contributed by atoms with Crippen molar-refractivity contribution >= 4 is 5.91 Å². The molecule has 2 unspecified atom stereocenters. The smallest absolute Gasteiger partial charge is 0.276 e. The Morgan fingerprint density at radius 2 is 2.35 bits per heavy atom. The lowest BCUT2D eigenvalue weighted by atomic mass is 9.98. The molecule has 6 nitrogen and oxygen atoms in total. The number of likely N-dealkylation sites (tertiary alicyclic amines) is 1. The lowest BCUT2D eigenvalue weighted by molar-refractivity contribution is 0.0593. The fraction of sp³-hybridized carbons (Fsp3) is 0.714. The minimum absolute atomic E-state index is 0.109. The Morgan fingerprint density at radius 3 is 3.10 bits per heavy atom. The van der Waals surface area contributed by atoms with Crippen LogP contribution in [0.1, 0.15) is 48.0 Å². The summed E-state index contributed by atoms with van der Waals surface area (Å²) in [4.78, 5) is 18.4. The van der Waals surface area contributed by atoms with Crippen molar-refractivity contribution in [2.75, 3.05) is 26.3 Å². The van der Waals surface area contributed by atoms with Crippen molar-refractivity contribution in [2.45, 2.75) is 31.8 Å². The van der Waals surface area contributed by atoms with Gasteiger partial charge in [-0.1, -0.05) is 0 Å². The minimum atomic E-state index is -0.144. The van der Waals surface area contributed by atoms with Crippen LogP contribution in [0.4, 0.5) is 0 Å². The van der Waals surface area contributed by atoms with Crippen LogP contribution in [0.2, 0.25) is 0 Å². The van der Waals surface area contributed by atoms with Crippen molar-refractivity contribution < 1.29 is 19.1 Å². The molecule has 0 saturated carbocycles. The van der Waals surface area contributed by atoms with Gasteiger partial charge in [-0.25, -0.2) is 4.98 Å². The van der Waals surface area contributed by atoms with E-state index in [1.165, 1.54) is 6.39 Å². The summed E-state index contributed by atoms with van der Waals surface area (Å²) in [5, 5.41) is 9.26. The number of aliphatic hydroxyl groups is 1. The maximum absolute atomic E-state index is 12.6. The molecule has 1 amide bonds. The van der Waals surface area contributed by atoms with Crippen molar-refractivity contribution in [3.8, 4) is 0 Å². The van der Waals surface area contributed by atoms with E-state index in [0.29, 0.717) is 31.2 Å². The Hall–Kier alpha value is -1.40. The van der Waals surface area contributed by atoms with Crippen LogP contribution in [0.15, 0.2) is 10.8 Å². The number of rotatable bonds is 3. The lowest BCUT2D eigenvalue weighted by Crippen LogP contribution is -2.41. The predicted molar refractivity (Wildman–Crippen MR) is 70.1 cm³/mol. The summed E-state index contributed by atoms with van der Waals surface area (Å²) in [7, 11) is 0. The van der Waals surface area contributed by atoms with Gasteiger partial charge >= 0.3 is 0 Å². The van der Waals surface area contributed by atoms with Gasteiger partial charge in [-0.3, -0.25) is 4.79 Å². The molecular weight excluding hydrogens is 260 g/mol. The standard InChI is InChI=1S/C14H20N2O4/c17-8-10-3-1-5-16(7-10)14(18)12-13(20-9-15-12)11-4-2-6-19-11/h9-11,17H,1-8H2. The van der Waals surface area contributed by atoms with Crippen LogP contribution in [0, 0.1) is 5.92 Å². The van der Waals surface area contributed by atoms with Gasteiger partial charge in [0.05, 0.1) is 0 Å². The molecule has 1 aromatic rings. The van der Waals surface area contributed by atoms with Crippen LogP contribution < -0.4 is 0 Å². The largest absolute Gasteiger partial charge is 0.445 e. The number of aromatic nitrogens is 1. The second kappa shape index (κ2) is 5.93. The monoisotopic (exact) mass is 280 g/mol. The maximum atomic E-state index is 12.6. The molecule has 0 aromatic carbocycles. The summed E-state index contributed by atoms with van der Waals surface area (Å²) in [6.07, 6.45) is 4.92. The number of amides is 1. The number of aliphatic hydroxyl groups excluding tert-OH is 1. The highest BCUT2D eigenvalue weighted by molar-refractivity contribution is 5.93. The highest BCUT2D eigenvalue weighted by atomic mass is 16.5. The summed E-state index contributed by atoms with van der Waals surface area (Å²) in [6, 6.07) is 0. The van der Waals surface area contributed by atoms with Crippen molar-refractivity contribution in [3.63, 3.8) is 0 Å². The Labute approximate surface area is 117 Å². The number of ether oxygens (including phenoxy) is 1. The molecule has 20 heavy (non-hydrogen) atoms. The van der Waals surface area contributed by atoms with Gasteiger partial charge < -0.3 is 19.2 Å². The number of hydrogen-bond acceptors (Lipinski definition) is 5. The maximum Gasteiger partial charge on any atom is 0.276 e. The Morgan fingerprint density at radius 1 is 1.45 bits per heavy atom. The highest BCUT2D eigenvalue weighted by Crippen LogP contribution is 2.31. The molecule has 0 aliphatic carbocycles. The van der Waals surface area contributed by atoms with Crippen LogP contribution in [-0.4, -0.2) is 47.2 Å². The molecule has 2 saturated heterocycles. The van der Waals surface area contributed by atoms with E-state index in [9.17, 15) is 9.90 Å². The first-order valence-electron chi connectivity index (χ1n) is 7.24. The van der Waals surface area contributed by atoms with Crippen LogP contribution >= 0.6 is 0 Å². The second-order valence-corrected chi connectivity index (χ2v) is 5.51. The summed E-state index contributed by atoms with van der Waals surface area (Å²) in [5.74, 6) is 0.617. The first-order valence-corrected chi connectivity index (χ1v) is 7.24. The van der Waals surface area contributed by atoms with E-state index in [4.69, 9.17) is 9.15 Å². The highest BCUT2D eigenvalue weighted by Gasteiger charge is 2.32. The molecule has 0 spiro atoms. The Kier molecular flexibility index (Phi) is 4.03. The lowest BCUT2D eigenvalue weighted by Gasteiger charge is -2.31. The van der Waals surface area contributed by atoms with Crippen LogP contribution in [0.25, 0.3) is 0 Å². The Balaban J connectivity index is 1.75. The van der Waals surface area contributed by atoms with Gasteiger partial charge in [0.15, 0.2) is 17.8 Å². The molecule has 110 valence electrons. The first-order chi connectivity index (χ1) is 9.79. The first kappa shape index (κ1) is 13.6. The van der Waals surface area contributed by atoms with Crippen molar-refractivity contribution in [1.29, 1.82) is 0 Å². The summed E-state index contributed by atoms with van der Waals surface area (Å²) in [6.45, 7) is 2.14. The van der Waals surface area contributed by atoms with Crippen LogP contribution in [-0.2, 0) is 4.74 Å². The summed E-state index contributed by atoms with van der Waals surface area (Å²) < 4.78 is 11.0. The summed E-state index contributed by atoms with van der Waals surface area (Å²) >= 11 is 0. The van der Waals surface area contributed by atoms with E-state index in [-0.39, 0.29) is 24.5 Å². The number of carbonyl (C=O) groups is 1. The van der Waals surface area contributed by atoms with Gasteiger partial charge in [-0.05, 0) is 31.6 Å². The third kappa shape index (κ3) is 2.58. The number of nitrogens with zero attached hydrogens (tertiary/aromatic N) is 2. The van der Waals surface area contributed by atoms with Gasteiger partial charge in [0.25, 0.3) is 5.91 Å². The average molecular weight is 280 g/mol. The van der Waals surface area contributed by atoms with Crippen molar-refractivity contribution in [2.24, 2.45) is 5.92 Å². The van der Waals surface area contributed by atoms with Gasteiger partial charge in [-0.15, -0.1) is 0 Å². The van der Waals surface area contributed by atoms with Gasteiger partial charge in [-0.2, -0.15) is 0 Å². The minimum Gasteiger partial charge on any atom is -0.445 e. The van der Waals surface area contributed by atoms with Gasteiger partial charge in [0, 0.05) is 26.3 Å². The van der Waals surface area contributed by atoms with E-state index in [2.05, 4.69) is 4.98 Å². The number of piperidine rings is 1. The molecule has 2 aliphatic rings. The molecule has 0 radical (unpaired) electrons. The molecule has 3 rings (SSSR count). The topological polar surface area (TPSA) is 75.8 Å². The number of oxazole rings is 1. The van der Waals surface area contributed by atoms with Gasteiger partial charge in [0.2, 0.25) is 0 Å². The second-order valence-electron chi connectivity index (χ2n) is 5.51. The Bertz CT molecular complexity index is 467. The average Bonchev–Trinajstić information content (AvgIpc) is 3.16. The van der Waals surface area contributed by atoms with Crippen LogP contribution in [0.5, 0.6) is 0 Å². The van der Waals surface area contributed by atoms with Crippen molar-refractivity contribution in [1.82, 2.24) is 9.88 Å². The zero-order valence-corrected chi connectivity index (χ0v) is 11.5. The van der Waals surface area contributed by atoms with E-state index in [0.717, 1.165) is 25.7 Å². The van der Waals surface area contributed by atoms with E-state index < -0.39 is 0 Å². The fourth-order valence-corrected chi connectivity index (χ4v) is 2.98. The predicted octanol–water partition coefficient (Wildman–Crippen LogP) is 1.37. The summed E-state index contributed by atoms with van der Waals surface area (Å²) in [5.41, 5.74) is 0.371. The molecule has 6 heteroatoms. The molecule has 2 atom stereocenters. The van der Waals surface area contributed by atoms with E-state index in [1.54, 1.807) is 4.90 Å². The molecule has 3 heterocycles. The number of hydrogen-bond donors (Lipinski definition) is 1. The fourth-order valence-electron chi connectivity index (χ4n) is 2.98. The SMILES string of the molecule is O=C(c1ncoc1C1CCCO1)N1CCCC(CO)C1. The zero-order valence-electron chi connectivity index (χ0n) is 11.5. The third-order valence-electron chi connectivity index (χ3n) is 4.08. The third-order valence-corrected chi connectivity index (χ3v) is 4.08. The molecule has 1 N–H and O–H groups in total. The molecule has 1 aromatic heterocycles. The zero-order chi connectivity index (χ0) is 13.9. The molecule has 2 fully saturated rings. The molecular formula is C14H20N2O4. The molecule has 2 aliphatic heterocycles. The van der Waals surface area contributed by atoms with E-state index >= 15 is 0 Å². The normalized spacial score (nSPS) is 26.9. The quantitative estimate of drug-likeness (QED) is 0.905. The number of carbonyl (C=O) groups excluding carboxylic acids is 1.